The van der Waals surface area contributed by atoms with Gasteiger partial charge in [0.2, 0.25) is 35.4 Å². The van der Waals surface area contributed by atoms with E-state index in [0.29, 0.717) is 109 Å². The highest BCUT2D eigenvalue weighted by Gasteiger charge is 2.46. The van der Waals surface area contributed by atoms with Gasteiger partial charge in [0.1, 0.15) is 54.7 Å². The van der Waals surface area contributed by atoms with Gasteiger partial charge in [0.25, 0.3) is 0 Å². The van der Waals surface area contributed by atoms with Crippen molar-refractivity contribution in [1.82, 2.24) is 31.9 Å². The second-order valence-corrected chi connectivity index (χ2v) is 22.4. The Bertz CT molecular complexity index is 1750. The van der Waals surface area contributed by atoms with Crippen molar-refractivity contribution >= 4 is 35.4 Å². The van der Waals surface area contributed by atoms with Crippen LogP contribution in [0.5, 0.6) is 0 Å². The lowest BCUT2D eigenvalue weighted by molar-refractivity contribution is -0.270. The molecule has 6 amide bonds. The molecule has 446 valence electrons. The normalized spacial score (nSPS) is 27.3. The van der Waals surface area contributed by atoms with Crippen LogP contribution < -0.4 is 31.9 Å². The summed E-state index contributed by atoms with van der Waals surface area (Å²) in [4.78, 5) is 75.4. The first-order valence-corrected chi connectivity index (χ1v) is 28.4. The average Bonchev–Trinajstić information content (AvgIpc) is 3.80. The third-order valence-corrected chi connectivity index (χ3v) is 14.4. The van der Waals surface area contributed by atoms with E-state index in [2.05, 4.69) is 59.6 Å². The molecule has 1 aliphatic carbocycles. The van der Waals surface area contributed by atoms with Gasteiger partial charge in [-0.1, -0.05) is 47.0 Å². The second kappa shape index (κ2) is 36.6. The van der Waals surface area contributed by atoms with Crippen LogP contribution in [0.2, 0.25) is 0 Å². The van der Waals surface area contributed by atoms with Crippen molar-refractivity contribution in [3.05, 3.63) is 0 Å². The fourth-order valence-electron chi connectivity index (χ4n) is 10.1. The first-order chi connectivity index (χ1) is 36.6. The minimum absolute atomic E-state index is 0.00118. The lowest BCUT2D eigenvalue weighted by atomic mass is 9.83. The molecule has 0 spiro atoms. The molecule has 0 aromatic rings. The lowest BCUT2D eigenvalue weighted by Crippen LogP contribution is -2.64. The highest BCUT2D eigenvalue weighted by Crippen LogP contribution is 2.30. The quantitative estimate of drug-likeness (QED) is 0.0381. The maximum Gasteiger partial charge on any atom is 0.242 e. The standard InChI is InChI=1S/C54H98N6O17/c1-34-22-23-38(28-34)75-32-35(2)29-54(5,6)33-57-43(66)20-10-7-14-25-56-51(72)39(60-44(67)21-12-9-17-27-74-53-46(59-37(4)64)50(71)48(69)41(31-62)77-53)18-13-15-24-55-42(65)19-11-8-16-26-73-52-45(58-36(3)63)49(70)47(68)40(30-61)76-52/h34-35,38-41,45-50,52-53,61-62,68-71H,7-33H2,1-6H3,(H,55,65)(H,56,72)(H,57,66)(H,58,63)(H,59,64)(H,60,67)/t34?,35?,38?,39-,40?,41?,45?,46?,47?,48?,49?,50?,52?,53?/m0/s1. The SMILES string of the molecule is CC(=O)NC1C(OCCCCCC(=O)NCCCC[C@H](NC(=O)CCCCCOC2OC(CO)C(O)C(O)C2NC(C)=O)C(=O)NCCCCCC(=O)NCC(C)(C)CC(C)COC2CCC(C)C2)OC(CO)C(O)C1O. The van der Waals surface area contributed by atoms with Crippen LogP contribution >= 0.6 is 0 Å². The first kappa shape index (κ1) is 67.7. The van der Waals surface area contributed by atoms with Crippen LogP contribution in [0.4, 0.5) is 0 Å². The Hall–Kier alpha value is -3.62. The van der Waals surface area contributed by atoms with Gasteiger partial charge in [-0.05, 0) is 101 Å². The molecule has 23 nitrogen and oxygen atoms in total. The first-order valence-electron chi connectivity index (χ1n) is 28.4. The van der Waals surface area contributed by atoms with Crippen molar-refractivity contribution in [2.24, 2.45) is 17.3 Å². The number of hydrogen-bond acceptors (Lipinski definition) is 17. The summed E-state index contributed by atoms with van der Waals surface area (Å²) in [5.41, 5.74) is -0.0719. The maximum atomic E-state index is 13.5. The van der Waals surface area contributed by atoms with Gasteiger partial charge in [-0.15, -0.1) is 0 Å². The molecule has 3 aliphatic rings. The second-order valence-electron chi connectivity index (χ2n) is 22.4. The van der Waals surface area contributed by atoms with Gasteiger partial charge in [-0.3, -0.25) is 28.8 Å². The largest absolute Gasteiger partial charge is 0.394 e. The zero-order valence-corrected chi connectivity index (χ0v) is 46.8. The van der Waals surface area contributed by atoms with Crippen LogP contribution in [0.3, 0.4) is 0 Å². The van der Waals surface area contributed by atoms with Crippen LogP contribution in [0, 0.1) is 17.3 Å². The van der Waals surface area contributed by atoms with Crippen molar-refractivity contribution in [1.29, 1.82) is 0 Å². The van der Waals surface area contributed by atoms with Crippen LogP contribution in [0.1, 0.15) is 164 Å². The number of carbonyl (C=O) groups excluding carboxylic acids is 6. The Labute approximate surface area is 456 Å². The molecular formula is C54H98N6O17. The van der Waals surface area contributed by atoms with E-state index in [4.69, 9.17) is 23.7 Å². The summed E-state index contributed by atoms with van der Waals surface area (Å²) in [7, 11) is 0. The van der Waals surface area contributed by atoms with Crippen molar-refractivity contribution in [3.8, 4) is 0 Å². The van der Waals surface area contributed by atoms with Crippen molar-refractivity contribution in [2.45, 2.75) is 237 Å². The van der Waals surface area contributed by atoms with E-state index in [0.717, 1.165) is 38.2 Å². The lowest BCUT2D eigenvalue weighted by Gasteiger charge is -2.42. The highest BCUT2D eigenvalue weighted by atomic mass is 16.7. The summed E-state index contributed by atoms with van der Waals surface area (Å²) < 4.78 is 28.9. The average molecular weight is 1100 g/mol. The van der Waals surface area contributed by atoms with E-state index in [1.54, 1.807) is 0 Å². The van der Waals surface area contributed by atoms with Crippen molar-refractivity contribution in [3.63, 3.8) is 0 Å². The number of rotatable bonds is 38. The molecule has 12 N–H and O–H groups in total. The number of unbranched alkanes of at least 4 members (excludes halogenated alkanes) is 7. The molecule has 13 unspecified atom stereocenters. The number of carbonyl (C=O) groups is 6. The van der Waals surface area contributed by atoms with E-state index in [-0.39, 0.29) is 55.1 Å². The molecule has 3 rings (SSSR count). The minimum atomic E-state index is -1.43. The smallest absolute Gasteiger partial charge is 0.242 e. The van der Waals surface area contributed by atoms with Gasteiger partial charge in [0, 0.05) is 72.6 Å². The molecule has 0 bridgehead atoms. The Kier molecular flexibility index (Phi) is 32.2. The molecule has 23 heteroatoms. The summed E-state index contributed by atoms with van der Waals surface area (Å²) in [5.74, 6) is -0.578. The molecule has 0 aromatic heterocycles. The Morgan fingerprint density at radius 3 is 1.61 bits per heavy atom. The molecule has 3 fully saturated rings. The van der Waals surface area contributed by atoms with Crippen LogP contribution in [0.25, 0.3) is 0 Å². The molecule has 0 radical (unpaired) electrons. The Morgan fingerprint density at radius 2 is 1.10 bits per heavy atom. The summed E-state index contributed by atoms with van der Waals surface area (Å²) >= 11 is 0. The Balaban J connectivity index is 1.39. The maximum absolute atomic E-state index is 13.5. The fraction of sp³-hybridized carbons (Fsp3) is 0.889. The van der Waals surface area contributed by atoms with Crippen LogP contribution in [0.15, 0.2) is 0 Å². The zero-order valence-electron chi connectivity index (χ0n) is 46.8. The number of nitrogens with one attached hydrogen (secondary N) is 6. The topological polar surface area (TPSA) is 342 Å². The Morgan fingerprint density at radius 1 is 0.610 bits per heavy atom. The van der Waals surface area contributed by atoms with Crippen LogP contribution in [-0.2, 0) is 52.5 Å². The predicted octanol–water partition coefficient (Wildman–Crippen LogP) is 0.850. The number of aliphatic hydroxyl groups excluding tert-OH is 6. The molecule has 2 saturated heterocycles. The van der Waals surface area contributed by atoms with Gasteiger partial charge in [0.05, 0.1) is 19.3 Å². The summed E-state index contributed by atoms with van der Waals surface area (Å²) in [5, 5.41) is 77.4. The number of amides is 6. The fourth-order valence-corrected chi connectivity index (χ4v) is 10.1. The third kappa shape index (κ3) is 26.5. The molecule has 2 heterocycles. The number of ether oxygens (including phenoxy) is 5. The van der Waals surface area contributed by atoms with Crippen molar-refractivity contribution < 1.29 is 83.1 Å². The van der Waals surface area contributed by atoms with Gasteiger partial charge in [-0.25, -0.2) is 0 Å². The van der Waals surface area contributed by atoms with Gasteiger partial charge in [-0.2, -0.15) is 0 Å². The molecule has 14 atom stereocenters. The van der Waals surface area contributed by atoms with Gasteiger partial charge < -0.3 is 86.2 Å². The van der Waals surface area contributed by atoms with Gasteiger partial charge >= 0.3 is 0 Å². The highest BCUT2D eigenvalue weighted by molar-refractivity contribution is 5.87. The van der Waals surface area contributed by atoms with Crippen molar-refractivity contribution in [2.75, 3.05) is 52.7 Å². The summed E-state index contributed by atoms with van der Waals surface area (Å²) in [6, 6.07) is -2.90. The van der Waals surface area contributed by atoms with Crippen LogP contribution in [-0.4, -0.2) is 192 Å². The number of hydrogen-bond donors (Lipinski definition) is 12. The monoisotopic (exact) mass is 1100 g/mol. The van der Waals surface area contributed by atoms with E-state index in [9.17, 15) is 59.4 Å². The minimum Gasteiger partial charge on any atom is -0.394 e. The van der Waals surface area contributed by atoms with E-state index in [1.165, 1.54) is 20.3 Å². The van der Waals surface area contributed by atoms with Gasteiger partial charge in [0.15, 0.2) is 12.6 Å². The molecule has 0 aromatic carbocycles. The third-order valence-electron chi connectivity index (χ3n) is 14.4. The van der Waals surface area contributed by atoms with E-state index in [1.807, 2.05) is 0 Å². The summed E-state index contributed by atoms with van der Waals surface area (Å²) in [6.07, 6.45) is 2.24. The zero-order chi connectivity index (χ0) is 56.9. The summed E-state index contributed by atoms with van der Waals surface area (Å²) in [6.45, 7) is 12.6. The molecular weight excluding hydrogens is 1000 g/mol. The molecule has 2 aliphatic heterocycles. The number of aliphatic hydroxyl groups is 6. The molecule has 1 saturated carbocycles. The van der Waals surface area contributed by atoms with E-state index >= 15 is 0 Å². The predicted molar refractivity (Wildman–Crippen MR) is 283 cm³/mol. The molecule has 77 heavy (non-hydrogen) atoms. The van der Waals surface area contributed by atoms with E-state index < -0.39 is 92.4 Å².